The second-order valence-corrected chi connectivity index (χ2v) is 6.32. The molecule has 20 heavy (non-hydrogen) atoms. The SMILES string of the molecule is O=C(C1CC2CC2C1)N1CCC(C(=O)O)(C(F)(F)F)C1. The van der Waals surface area contributed by atoms with Crippen LogP contribution in [0.15, 0.2) is 0 Å². The van der Waals surface area contributed by atoms with Crippen LogP contribution in [-0.2, 0) is 9.59 Å². The average molecular weight is 291 g/mol. The van der Waals surface area contributed by atoms with Crippen molar-refractivity contribution in [3.63, 3.8) is 0 Å². The second kappa shape index (κ2) is 4.11. The topological polar surface area (TPSA) is 57.6 Å². The summed E-state index contributed by atoms with van der Waals surface area (Å²) in [4.78, 5) is 24.4. The van der Waals surface area contributed by atoms with Gasteiger partial charge in [-0.3, -0.25) is 9.59 Å². The number of rotatable bonds is 2. The number of alkyl halides is 3. The number of nitrogens with zero attached hydrogens (tertiary/aromatic N) is 1. The monoisotopic (exact) mass is 291 g/mol. The van der Waals surface area contributed by atoms with Gasteiger partial charge < -0.3 is 10.0 Å². The first-order chi connectivity index (χ1) is 9.24. The highest BCUT2D eigenvalue weighted by molar-refractivity contribution is 5.83. The summed E-state index contributed by atoms with van der Waals surface area (Å²) < 4.78 is 39.1. The Morgan fingerprint density at radius 3 is 2.20 bits per heavy atom. The van der Waals surface area contributed by atoms with Crippen molar-refractivity contribution < 1.29 is 27.9 Å². The van der Waals surface area contributed by atoms with Crippen LogP contribution in [0.5, 0.6) is 0 Å². The minimum Gasteiger partial charge on any atom is -0.481 e. The lowest BCUT2D eigenvalue weighted by Crippen LogP contribution is -2.48. The summed E-state index contributed by atoms with van der Waals surface area (Å²) in [6.45, 7) is -0.854. The largest absolute Gasteiger partial charge is 0.481 e. The molecule has 3 aliphatic rings. The van der Waals surface area contributed by atoms with E-state index in [4.69, 9.17) is 5.11 Å². The van der Waals surface area contributed by atoms with E-state index >= 15 is 0 Å². The van der Waals surface area contributed by atoms with Crippen molar-refractivity contribution in [3.05, 3.63) is 0 Å². The van der Waals surface area contributed by atoms with E-state index in [1.54, 1.807) is 0 Å². The van der Waals surface area contributed by atoms with Gasteiger partial charge in [-0.05, 0) is 37.5 Å². The van der Waals surface area contributed by atoms with Crippen LogP contribution in [-0.4, -0.2) is 41.1 Å². The lowest BCUT2D eigenvalue weighted by Gasteiger charge is -2.28. The highest BCUT2D eigenvalue weighted by atomic mass is 19.4. The molecule has 112 valence electrons. The van der Waals surface area contributed by atoms with Gasteiger partial charge in [-0.15, -0.1) is 0 Å². The Bertz CT molecular complexity index is 454. The third-order valence-electron chi connectivity index (χ3n) is 5.13. The van der Waals surface area contributed by atoms with Gasteiger partial charge >= 0.3 is 12.1 Å². The van der Waals surface area contributed by atoms with Crippen molar-refractivity contribution >= 4 is 11.9 Å². The number of amides is 1. The molecular weight excluding hydrogens is 275 g/mol. The zero-order chi connectivity index (χ0) is 14.7. The van der Waals surface area contributed by atoms with Crippen molar-refractivity contribution in [2.45, 2.75) is 31.9 Å². The minimum absolute atomic E-state index is 0.115. The van der Waals surface area contributed by atoms with Crippen molar-refractivity contribution in [1.29, 1.82) is 0 Å². The summed E-state index contributed by atoms with van der Waals surface area (Å²) in [5, 5.41) is 8.96. The third kappa shape index (κ3) is 1.90. The second-order valence-electron chi connectivity index (χ2n) is 6.32. The standard InChI is InChI=1S/C13H16F3NO3/c14-13(15,16)12(11(19)20)1-2-17(6-12)10(18)9-4-7-3-8(7)5-9/h7-9H,1-6H2,(H,19,20). The smallest absolute Gasteiger partial charge is 0.406 e. The molecule has 3 atom stereocenters. The zero-order valence-corrected chi connectivity index (χ0v) is 10.8. The Morgan fingerprint density at radius 1 is 1.15 bits per heavy atom. The molecule has 1 heterocycles. The molecule has 1 N–H and O–H groups in total. The van der Waals surface area contributed by atoms with Gasteiger partial charge in [0.05, 0.1) is 0 Å². The van der Waals surface area contributed by atoms with Crippen LogP contribution >= 0.6 is 0 Å². The highest BCUT2D eigenvalue weighted by Gasteiger charge is 2.64. The fraction of sp³-hybridized carbons (Fsp3) is 0.846. The molecule has 3 unspecified atom stereocenters. The van der Waals surface area contributed by atoms with E-state index in [-0.39, 0.29) is 18.4 Å². The normalized spacial score (nSPS) is 39.8. The number of carboxylic acid groups (broad SMARTS) is 1. The van der Waals surface area contributed by atoms with Crippen molar-refractivity contribution in [2.75, 3.05) is 13.1 Å². The number of hydrogen-bond acceptors (Lipinski definition) is 2. The molecule has 0 spiro atoms. The molecule has 3 fully saturated rings. The molecule has 2 saturated carbocycles. The fourth-order valence-corrected chi connectivity index (χ4v) is 3.70. The first kappa shape index (κ1) is 13.7. The third-order valence-corrected chi connectivity index (χ3v) is 5.13. The number of carbonyl (C=O) groups is 2. The molecule has 1 aliphatic heterocycles. The molecule has 0 aromatic rings. The molecule has 2 aliphatic carbocycles. The predicted octanol–water partition coefficient (Wildman–Crippen LogP) is 1.90. The Morgan fingerprint density at radius 2 is 1.75 bits per heavy atom. The molecular formula is C13H16F3NO3. The van der Waals surface area contributed by atoms with Crippen LogP contribution in [0.1, 0.15) is 25.7 Å². The van der Waals surface area contributed by atoms with E-state index in [0.29, 0.717) is 11.8 Å². The number of hydrogen-bond donors (Lipinski definition) is 1. The maximum Gasteiger partial charge on any atom is 0.406 e. The summed E-state index contributed by atoms with van der Waals surface area (Å²) in [6.07, 6.45) is -2.73. The van der Waals surface area contributed by atoms with Crippen LogP contribution in [0.2, 0.25) is 0 Å². The van der Waals surface area contributed by atoms with E-state index in [1.807, 2.05) is 0 Å². The van der Waals surface area contributed by atoms with Crippen LogP contribution in [0.4, 0.5) is 13.2 Å². The van der Waals surface area contributed by atoms with E-state index in [1.165, 1.54) is 0 Å². The fourth-order valence-electron chi connectivity index (χ4n) is 3.70. The molecule has 0 bridgehead atoms. The number of carboxylic acids is 1. The van der Waals surface area contributed by atoms with Gasteiger partial charge in [-0.2, -0.15) is 13.2 Å². The zero-order valence-electron chi connectivity index (χ0n) is 10.8. The van der Waals surface area contributed by atoms with Gasteiger partial charge in [-0.25, -0.2) is 0 Å². The molecule has 3 rings (SSSR count). The summed E-state index contributed by atoms with van der Waals surface area (Å²) in [6, 6.07) is 0. The van der Waals surface area contributed by atoms with E-state index in [2.05, 4.69) is 0 Å². The number of aliphatic carboxylic acids is 1. The molecule has 0 radical (unpaired) electrons. The Hall–Kier alpha value is -1.27. The summed E-state index contributed by atoms with van der Waals surface area (Å²) in [7, 11) is 0. The quantitative estimate of drug-likeness (QED) is 0.845. The summed E-state index contributed by atoms with van der Waals surface area (Å²) in [5.74, 6) is -1.23. The van der Waals surface area contributed by atoms with Gasteiger partial charge in [0.15, 0.2) is 5.41 Å². The predicted molar refractivity (Wildman–Crippen MR) is 61.6 cm³/mol. The van der Waals surface area contributed by atoms with Crippen LogP contribution < -0.4 is 0 Å². The molecule has 1 amide bonds. The number of likely N-dealkylation sites (tertiary alicyclic amines) is 1. The van der Waals surface area contributed by atoms with Crippen molar-refractivity contribution in [3.8, 4) is 0 Å². The molecule has 0 aromatic heterocycles. The van der Waals surface area contributed by atoms with Crippen LogP contribution in [0, 0.1) is 23.2 Å². The van der Waals surface area contributed by atoms with E-state index in [9.17, 15) is 22.8 Å². The molecule has 0 aromatic carbocycles. The first-order valence-corrected chi connectivity index (χ1v) is 6.83. The van der Waals surface area contributed by atoms with Crippen molar-refractivity contribution in [2.24, 2.45) is 23.2 Å². The Labute approximate surface area is 113 Å². The number of carbonyl (C=O) groups excluding carboxylic acids is 1. The summed E-state index contributed by atoms with van der Waals surface area (Å²) in [5.41, 5.74) is -2.79. The maximum atomic E-state index is 13.0. The van der Waals surface area contributed by atoms with Gasteiger partial charge in [-0.1, -0.05) is 0 Å². The van der Waals surface area contributed by atoms with E-state index < -0.39 is 30.5 Å². The van der Waals surface area contributed by atoms with Gasteiger partial charge in [0.25, 0.3) is 0 Å². The Balaban J connectivity index is 1.71. The van der Waals surface area contributed by atoms with Crippen LogP contribution in [0.3, 0.4) is 0 Å². The minimum atomic E-state index is -4.83. The lowest BCUT2D eigenvalue weighted by atomic mass is 9.86. The Kier molecular flexibility index (Phi) is 2.82. The molecule has 4 nitrogen and oxygen atoms in total. The summed E-state index contributed by atoms with van der Waals surface area (Å²) >= 11 is 0. The number of fused-ring (bicyclic) bond motifs is 1. The molecule has 7 heteroatoms. The average Bonchev–Trinajstić information content (AvgIpc) is 2.81. The van der Waals surface area contributed by atoms with Gasteiger partial charge in [0, 0.05) is 19.0 Å². The van der Waals surface area contributed by atoms with E-state index in [0.717, 1.165) is 24.2 Å². The van der Waals surface area contributed by atoms with Gasteiger partial charge in [0.2, 0.25) is 5.91 Å². The first-order valence-electron chi connectivity index (χ1n) is 6.83. The van der Waals surface area contributed by atoms with Crippen molar-refractivity contribution in [1.82, 2.24) is 4.90 Å². The van der Waals surface area contributed by atoms with Crippen LogP contribution in [0.25, 0.3) is 0 Å². The molecule has 1 saturated heterocycles. The highest BCUT2D eigenvalue weighted by Crippen LogP contribution is 2.55. The van der Waals surface area contributed by atoms with Gasteiger partial charge in [0.1, 0.15) is 0 Å². The number of halogens is 3. The lowest BCUT2D eigenvalue weighted by molar-refractivity contribution is -0.227. The maximum absolute atomic E-state index is 13.0.